The molecule has 0 saturated heterocycles. The first kappa shape index (κ1) is 13.2. The van der Waals surface area contributed by atoms with E-state index in [0.29, 0.717) is 24.1 Å². The summed E-state index contributed by atoms with van der Waals surface area (Å²) in [6.07, 6.45) is 2.18. The van der Waals surface area contributed by atoms with Crippen molar-refractivity contribution in [3.8, 4) is 0 Å². The predicted octanol–water partition coefficient (Wildman–Crippen LogP) is 1.06. The number of nitrogen functional groups attached to an aromatic ring is 1. The zero-order valence-corrected chi connectivity index (χ0v) is 10.3. The number of nitrogens with zero attached hydrogens (tertiary/aromatic N) is 2. The maximum absolute atomic E-state index is 11.6. The molecule has 0 saturated carbocycles. The standard InChI is InChI=1S/C11H18N4O2/c1-7(2)6-8(10(16)17-3)14-11-13-5-4-9(12)15-11/h4-5,7-8H,6H2,1-3H3,(H3,12,13,14,15). The number of hydrogen-bond donors (Lipinski definition) is 2. The first-order valence-corrected chi connectivity index (χ1v) is 5.45. The monoisotopic (exact) mass is 238 g/mol. The third-order valence-corrected chi connectivity index (χ3v) is 2.17. The summed E-state index contributed by atoms with van der Waals surface area (Å²) < 4.78 is 4.73. The number of carbonyl (C=O) groups is 1. The van der Waals surface area contributed by atoms with Crippen LogP contribution in [-0.2, 0) is 9.53 Å². The Balaban J connectivity index is 2.75. The first-order chi connectivity index (χ1) is 8.02. The lowest BCUT2D eigenvalue weighted by molar-refractivity contribution is -0.141. The normalized spacial score (nSPS) is 12.2. The number of carbonyl (C=O) groups excluding carboxylic acids is 1. The van der Waals surface area contributed by atoms with E-state index in [1.54, 1.807) is 6.07 Å². The fourth-order valence-corrected chi connectivity index (χ4v) is 1.43. The van der Waals surface area contributed by atoms with Gasteiger partial charge in [-0.25, -0.2) is 9.78 Å². The maximum atomic E-state index is 11.6. The summed E-state index contributed by atoms with van der Waals surface area (Å²) in [5.74, 6) is 0.717. The number of aromatic nitrogens is 2. The van der Waals surface area contributed by atoms with Crippen LogP contribution in [0, 0.1) is 5.92 Å². The van der Waals surface area contributed by atoms with Crippen molar-refractivity contribution in [3.63, 3.8) is 0 Å². The zero-order chi connectivity index (χ0) is 12.8. The van der Waals surface area contributed by atoms with Crippen molar-refractivity contribution in [1.29, 1.82) is 0 Å². The molecule has 17 heavy (non-hydrogen) atoms. The van der Waals surface area contributed by atoms with Crippen LogP contribution in [0.4, 0.5) is 11.8 Å². The Bertz CT molecular complexity index is 381. The van der Waals surface area contributed by atoms with Gasteiger partial charge in [-0.15, -0.1) is 0 Å². The summed E-state index contributed by atoms with van der Waals surface area (Å²) >= 11 is 0. The molecular formula is C11H18N4O2. The maximum Gasteiger partial charge on any atom is 0.328 e. The average Bonchev–Trinajstić information content (AvgIpc) is 2.26. The Morgan fingerprint density at radius 1 is 1.59 bits per heavy atom. The lowest BCUT2D eigenvalue weighted by Crippen LogP contribution is -2.32. The van der Waals surface area contributed by atoms with Gasteiger partial charge in [-0.1, -0.05) is 13.8 Å². The number of nitrogens with two attached hydrogens (primary N) is 1. The lowest BCUT2D eigenvalue weighted by atomic mass is 10.0. The van der Waals surface area contributed by atoms with E-state index in [1.807, 2.05) is 13.8 Å². The number of anilines is 2. The summed E-state index contributed by atoms with van der Waals surface area (Å²) in [4.78, 5) is 19.5. The predicted molar refractivity (Wildman–Crippen MR) is 65.3 cm³/mol. The van der Waals surface area contributed by atoms with Crippen LogP contribution in [0.1, 0.15) is 20.3 Å². The van der Waals surface area contributed by atoms with Crippen LogP contribution in [-0.4, -0.2) is 29.1 Å². The van der Waals surface area contributed by atoms with Gasteiger partial charge in [0.2, 0.25) is 5.95 Å². The molecule has 0 radical (unpaired) electrons. The van der Waals surface area contributed by atoms with Crippen molar-refractivity contribution in [2.45, 2.75) is 26.3 Å². The highest BCUT2D eigenvalue weighted by molar-refractivity contribution is 5.78. The molecule has 0 bridgehead atoms. The molecule has 1 atom stereocenters. The minimum absolute atomic E-state index is 0.329. The second kappa shape index (κ2) is 6.03. The SMILES string of the molecule is COC(=O)C(CC(C)C)Nc1nccc(N)n1. The smallest absolute Gasteiger partial charge is 0.328 e. The zero-order valence-electron chi connectivity index (χ0n) is 10.3. The Kier molecular flexibility index (Phi) is 4.68. The molecule has 6 heteroatoms. The molecule has 1 unspecified atom stereocenters. The number of methoxy groups -OCH3 is 1. The lowest BCUT2D eigenvalue weighted by Gasteiger charge is -2.18. The minimum atomic E-state index is -0.457. The molecule has 0 aliphatic carbocycles. The van der Waals surface area contributed by atoms with Gasteiger partial charge in [0.25, 0.3) is 0 Å². The number of rotatable bonds is 5. The summed E-state index contributed by atoms with van der Waals surface area (Å²) in [5, 5.41) is 2.93. The Hall–Kier alpha value is -1.85. The molecule has 0 aliphatic heterocycles. The van der Waals surface area contributed by atoms with Crippen molar-refractivity contribution in [3.05, 3.63) is 12.3 Å². The third-order valence-electron chi connectivity index (χ3n) is 2.17. The highest BCUT2D eigenvalue weighted by Crippen LogP contribution is 2.11. The van der Waals surface area contributed by atoms with Gasteiger partial charge in [-0.3, -0.25) is 0 Å². The summed E-state index contributed by atoms with van der Waals surface area (Å²) in [7, 11) is 1.36. The number of hydrogen-bond acceptors (Lipinski definition) is 6. The van der Waals surface area contributed by atoms with Gasteiger partial charge in [0.05, 0.1) is 7.11 Å². The molecule has 94 valence electrons. The van der Waals surface area contributed by atoms with E-state index in [0.717, 1.165) is 0 Å². The summed E-state index contributed by atoms with van der Waals surface area (Å²) in [5.41, 5.74) is 5.54. The van der Waals surface area contributed by atoms with Crippen LogP contribution < -0.4 is 11.1 Å². The second-order valence-electron chi connectivity index (χ2n) is 4.15. The van der Waals surface area contributed by atoms with Gasteiger partial charge in [0.15, 0.2) is 0 Å². The van der Waals surface area contributed by atoms with Crippen molar-refractivity contribution in [2.24, 2.45) is 5.92 Å². The van der Waals surface area contributed by atoms with Gasteiger partial charge >= 0.3 is 5.97 Å². The van der Waals surface area contributed by atoms with Gasteiger partial charge < -0.3 is 15.8 Å². The summed E-state index contributed by atoms with van der Waals surface area (Å²) in [6.45, 7) is 4.05. The molecule has 0 aliphatic rings. The van der Waals surface area contributed by atoms with Gasteiger partial charge in [-0.2, -0.15) is 4.98 Å². The van der Waals surface area contributed by atoms with Crippen LogP contribution in [0.15, 0.2) is 12.3 Å². The topological polar surface area (TPSA) is 90.1 Å². The van der Waals surface area contributed by atoms with E-state index < -0.39 is 6.04 Å². The minimum Gasteiger partial charge on any atom is -0.467 e. The van der Waals surface area contributed by atoms with E-state index in [-0.39, 0.29) is 5.97 Å². The summed E-state index contributed by atoms with van der Waals surface area (Å²) in [6, 6.07) is 1.13. The van der Waals surface area contributed by atoms with Crippen LogP contribution in [0.5, 0.6) is 0 Å². The Morgan fingerprint density at radius 2 is 2.29 bits per heavy atom. The van der Waals surface area contributed by atoms with E-state index in [2.05, 4.69) is 15.3 Å². The molecule has 0 aromatic carbocycles. The van der Waals surface area contributed by atoms with Crippen LogP contribution in [0.2, 0.25) is 0 Å². The van der Waals surface area contributed by atoms with E-state index >= 15 is 0 Å². The van der Waals surface area contributed by atoms with Crippen molar-refractivity contribution >= 4 is 17.7 Å². The van der Waals surface area contributed by atoms with Gasteiger partial charge in [0.1, 0.15) is 11.9 Å². The molecule has 0 spiro atoms. The second-order valence-corrected chi connectivity index (χ2v) is 4.15. The average molecular weight is 238 g/mol. The highest BCUT2D eigenvalue weighted by atomic mass is 16.5. The molecular weight excluding hydrogens is 220 g/mol. The molecule has 1 rings (SSSR count). The van der Waals surface area contributed by atoms with Crippen molar-refractivity contribution in [1.82, 2.24) is 9.97 Å². The fourth-order valence-electron chi connectivity index (χ4n) is 1.43. The number of esters is 1. The van der Waals surface area contributed by atoms with Crippen molar-refractivity contribution < 1.29 is 9.53 Å². The molecule has 1 aromatic rings. The van der Waals surface area contributed by atoms with E-state index in [9.17, 15) is 4.79 Å². The molecule has 1 aromatic heterocycles. The highest BCUT2D eigenvalue weighted by Gasteiger charge is 2.21. The first-order valence-electron chi connectivity index (χ1n) is 5.45. The quantitative estimate of drug-likeness (QED) is 0.745. The molecule has 3 N–H and O–H groups in total. The molecule has 1 heterocycles. The van der Waals surface area contributed by atoms with E-state index in [1.165, 1.54) is 13.3 Å². The van der Waals surface area contributed by atoms with Crippen LogP contribution in [0.3, 0.4) is 0 Å². The fraction of sp³-hybridized carbons (Fsp3) is 0.545. The molecule has 6 nitrogen and oxygen atoms in total. The number of nitrogens with one attached hydrogen (secondary N) is 1. The van der Waals surface area contributed by atoms with E-state index in [4.69, 9.17) is 10.5 Å². The molecule has 0 fully saturated rings. The largest absolute Gasteiger partial charge is 0.467 e. The Labute approximate surface area is 101 Å². The van der Waals surface area contributed by atoms with Crippen LogP contribution in [0.25, 0.3) is 0 Å². The third kappa shape index (κ3) is 4.26. The van der Waals surface area contributed by atoms with Gasteiger partial charge in [0, 0.05) is 6.20 Å². The Morgan fingerprint density at radius 3 is 2.82 bits per heavy atom. The van der Waals surface area contributed by atoms with Gasteiger partial charge in [-0.05, 0) is 18.4 Å². The molecule has 0 amide bonds. The van der Waals surface area contributed by atoms with Crippen molar-refractivity contribution in [2.75, 3.05) is 18.2 Å². The van der Waals surface area contributed by atoms with Crippen LogP contribution >= 0.6 is 0 Å². The number of ether oxygens (including phenoxy) is 1.